The number of nitrogens with zero attached hydrogens (tertiary/aromatic N) is 2. The van der Waals surface area contributed by atoms with Crippen molar-refractivity contribution in [1.29, 1.82) is 0 Å². The van der Waals surface area contributed by atoms with E-state index in [2.05, 4.69) is 10.2 Å². The molecule has 0 spiro atoms. The number of carbonyl (C=O) groups excluding carboxylic acids is 1. The molecule has 24 heavy (non-hydrogen) atoms. The molecule has 2 saturated heterocycles. The molecule has 3 rings (SSSR count). The summed E-state index contributed by atoms with van der Waals surface area (Å²) in [5.74, 6) is -0.197. The number of halogens is 1. The number of hydrogen-bond acceptors (Lipinski definition) is 3. The number of fused-ring (bicyclic) bond motifs is 1. The number of piperidine rings is 1. The molecule has 1 N–H and O–H groups in total. The van der Waals surface area contributed by atoms with E-state index in [1.54, 1.807) is 12.1 Å². The fourth-order valence-electron chi connectivity index (χ4n) is 3.65. The van der Waals surface area contributed by atoms with Crippen molar-refractivity contribution >= 4 is 6.03 Å². The average Bonchev–Trinajstić information content (AvgIpc) is 2.61. The van der Waals surface area contributed by atoms with Gasteiger partial charge in [0.05, 0.1) is 13.2 Å². The third kappa shape index (κ3) is 3.64. The zero-order chi connectivity index (χ0) is 17.1. The molecule has 132 valence electrons. The number of carbonyl (C=O) groups is 1. The van der Waals surface area contributed by atoms with Gasteiger partial charge in [-0.05, 0) is 44.0 Å². The number of urea groups is 1. The van der Waals surface area contributed by atoms with Crippen LogP contribution < -0.4 is 10.1 Å². The van der Waals surface area contributed by atoms with E-state index < -0.39 is 5.82 Å². The van der Waals surface area contributed by atoms with E-state index in [1.807, 2.05) is 11.8 Å². The highest BCUT2D eigenvalue weighted by molar-refractivity contribution is 5.75. The predicted molar refractivity (Wildman–Crippen MR) is 90.7 cm³/mol. The Bertz CT molecular complexity index is 596. The topological polar surface area (TPSA) is 44.8 Å². The van der Waals surface area contributed by atoms with Gasteiger partial charge in [0.25, 0.3) is 0 Å². The number of benzene rings is 1. The van der Waals surface area contributed by atoms with E-state index >= 15 is 0 Å². The number of rotatable bonds is 3. The van der Waals surface area contributed by atoms with E-state index in [4.69, 9.17) is 4.74 Å². The van der Waals surface area contributed by atoms with Crippen molar-refractivity contribution in [3.8, 4) is 5.75 Å². The van der Waals surface area contributed by atoms with Gasteiger partial charge in [0.1, 0.15) is 0 Å². The molecule has 0 saturated carbocycles. The lowest BCUT2D eigenvalue weighted by Gasteiger charge is -2.44. The zero-order valence-electron chi connectivity index (χ0n) is 14.4. The molecule has 0 unspecified atom stereocenters. The van der Waals surface area contributed by atoms with Crippen LogP contribution in [0.1, 0.15) is 37.8 Å². The Morgan fingerprint density at radius 3 is 2.92 bits per heavy atom. The van der Waals surface area contributed by atoms with Crippen molar-refractivity contribution in [3.05, 3.63) is 29.6 Å². The van der Waals surface area contributed by atoms with Crippen LogP contribution in [0.15, 0.2) is 18.2 Å². The smallest absolute Gasteiger partial charge is 0.317 e. The first kappa shape index (κ1) is 17.0. The Balaban J connectivity index is 1.59. The van der Waals surface area contributed by atoms with Crippen LogP contribution in [0.3, 0.4) is 0 Å². The second-order valence-corrected chi connectivity index (χ2v) is 6.70. The van der Waals surface area contributed by atoms with Gasteiger partial charge in [-0.25, -0.2) is 9.18 Å². The van der Waals surface area contributed by atoms with Crippen LogP contribution in [0.25, 0.3) is 0 Å². The fourth-order valence-corrected chi connectivity index (χ4v) is 3.65. The van der Waals surface area contributed by atoms with Gasteiger partial charge in [-0.3, -0.25) is 4.90 Å². The molecule has 1 aromatic rings. The van der Waals surface area contributed by atoms with Crippen LogP contribution in [-0.2, 0) is 0 Å². The average molecular weight is 335 g/mol. The van der Waals surface area contributed by atoms with E-state index in [9.17, 15) is 9.18 Å². The van der Waals surface area contributed by atoms with Gasteiger partial charge < -0.3 is 15.0 Å². The maximum atomic E-state index is 13.8. The summed E-state index contributed by atoms with van der Waals surface area (Å²) in [6, 6.07) is 4.97. The zero-order valence-corrected chi connectivity index (χ0v) is 14.4. The minimum atomic E-state index is -0.410. The Kier molecular flexibility index (Phi) is 5.23. The lowest BCUT2D eigenvalue weighted by molar-refractivity contribution is 0.0637. The van der Waals surface area contributed by atoms with Crippen molar-refractivity contribution < 1.29 is 13.9 Å². The van der Waals surface area contributed by atoms with Gasteiger partial charge in [0, 0.05) is 25.7 Å². The molecule has 0 radical (unpaired) electrons. The summed E-state index contributed by atoms with van der Waals surface area (Å²) in [5.41, 5.74) is 0.734. The third-order valence-corrected chi connectivity index (χ3v) is 5.14. The van der Waals surface area contributed by atoms with Gasteiger partial charge in [0.15, 0.2) is 11.6 Å². The first-order valence-corrected chi connectivity index (χ1v) is 8.71. The number of hydrogen-bond donors (Lipinski definition) is 1. The lowest BCUT2D eigenvalue weighted by Crippen LogP contribution is -2.58. The molecule has 2 atom stereocenters. The summed E-state index contributed by atoms with van der Waals surface area (Å²) < 4.78 is 18.8. The molecule has 2 aliphatic rings. The fraction of sp³-hybridized carbons (Fsp3) is 0.611. The summed E-state index contributed by atoms with van der Waals surface area (Å²) in [6.07, 6.45) is 3.68. The Morgan fingerprint density at radius 2 is 2.17 bits per heavy atom. The van der Waals surface area contributed by atoms with Crippen LogP contribution in [0.4, 0.5) is 9.18 Å². The van der Waals surface area contributed by atoms with Crippen LogP contribution in [0, 0.1) is 5.82 Å². The van der Waals surface area contributed by atoms with Crippen molar-refractivity contribution in [2.24, 2.45) is 0 Å². The Morgan fingerprint density at radius 1 is 1.33 bits per heavy atom. The van der Waals surface area contributed by atoms with E-state index in [0.717, 1.165) is 31.7 Å². The molecule has 5 nitrogen and oxygen atoms in total. The van der Waals surface area contributed by atoms with Crippen molar-refractivity contribution in [2.75, 3.05) is 33.3 Å². The van der Waals surface area contributed by atoms with E-state index in [1.165, 1.54) is 32.4 Å². The molecule has 2 amide bonds. The highest BCUT2D eigenvalue weighted by Crippen LogP contribution is 2.23. The minimum absolute atomic E-state index is 0.0658. The van der Waals surface area contributed by atoms with Crippen LogP contribution in [0.5, 0.6) is 5.75 Å². The van der Waals surface area contributed by atoms with Crippen molar-refractivity contribution in [2.45, 2.75) is 38.3 Å². The van der Waals surface area contributed by atoms with Crippen LogP contribution in [-0.4, -0.2) is 55.2 Å². The number of methoxy groups -OCH3 is 1. The summed E-state index contributed by atoms with van der Waals surface area (Å²) in [7, 11) is 1.44. The van der Waals surface area contributed by atoms with Crippen molar-refractivity contribution in [3.63, 3.8) is 0 Å². The molecule has 2 aliphatic heterocycles. The van der Waals surface area contributed by atoms with Gasteiger partial charge in [-0.15, -0.1) is 0 Å². The third-order valence-electron chi connectivity index (χ3n) is 5.14. The Labute approximate surface area is 142 Å². The normalized spacial score (nSPS) is 22.6. The first-order chi connectivity index (χ1) is 11.6. The number of ether oxygens (including phenoxy) is 1. The van der Waals surface area contributed by atoms with Gasteiger partial charge in [-0.1, -0.05) is 12.5 Å². The van der Waals surface area contributed by atoms with Crippen molar-refractivity contribution in [1.82, 2.24) is 15.1 Å². The lowest BCUT2D eigenvalue weighted by atomic mass is 10.00. The summed E-state index contributed by atoms with van der Waals surface area (Å²) >= 11 is 0. The predicted octanol–water partition coefficient (Wildman–Crippen LogP) is 2.78. The SMILES string of the molecule is COc1ccc([C@H](C)NC(=O)N2CCN3CCCC[C@H]3C2)cc1F. The highest BCUT2D eigenvalue weighted by Gasteiger charge is 2.31. The second kappa shape index (κ2) is 7.38. The largest absolute Gasteiger partial charge is 0.494 e. The summed E-state index contributed by atoms with van der Waals surface area (Å²) in [5, 5.41) is 2.99. The number of nitrogens with one attached hydrogen (secondary N) is 1. The molecule has 2 heterocycles. The first-order valence-electron chi connectivity index (χ1n) is 8.71. The minimum Gasteiger partial charge on any atom is -0.494 e. The molecule has 6 heteroatoms. The quantitative estimate of drug-likeness (QED) is 0.924. The maximum absolute atomic E-state index is 13.8. The standard InChI is InChI=1S/C18H26FN3O2/c1-13(14-6-7-17(24-2)16(19)11-14)20-18(23)22-10-9-21-8-4-3-5-15(21)12-22/h6-7,11,13,15H,3-5,8-10,12H2,1-2H3,(H,20,23)/t13-,15-/m0/s1. The maximum Gasteiger partial charge on any atom is 0.317 e. The molecular formula is C18H26FN3O2. The summed E-state index contributed by atoms with van der Waals surface area (Å²) in [4.78, 5) is 16.9. The van der Waals surface area contributed by atoms with Gasteiger partial charge >= 0.3 is 6.03 Å². The van der Waals surface area contributed by atoms with Crippen LogP contribution >= 0.6 is 0 Å². The Hall–Kier alpha value is -1.82. The molecular weight excluding hydrogens is 309 g/mol. The van der Waals surface area contributed by atoms with Crippen LogP contribution in [0.2, 0.25) is 0 Å². The summed E-state index contributed by atoms with van der Waals surface area (Å²) in [6.45, 7) is 5.52. The molecule has 0 aromatic heterocycles. The molecule has 2 fully saturated rings. The van der Waals surface area contributed by atoms with E-state index in [-0.39, 0.29) is 17.8 Å². The molecule has 1 aromatic carbocycles. The second-order valence-electron chi connectivity index (χ2n) is 6.70. The van der Waals surface area contributed by atoms with E-state index in [0.29, 0.717) is 6.04 Å². The number of piperazine rings is 1. The van der Waals surface area contributed by atoms with Gasteiger partial charge in [0.2, 0.25) is 0 Å². The number of amides is 2. The molecule has 0 bridgehead atoms. The monoisotopic (exact) mass is 335 g/mol. The highest BCUT2D eigenvalue weighted by atomic mass is 19.1. The molecule has 0 aliphatic carbocycles. The van der Waals surface area contributed by atoms with Gasteiger partial charge in [-0.2, -0.15) is 0 Å².